The summed E-state index contributed by atoms with van der Waals surface area (Å²) in [6, 6.07) is 0. The average molecular weight is 296 g/mol. The largest absolute Gasteiger partial charge is 0.465 e. The van der Waals surface area contributed by atoms with E-state index in [0.717, 1.165) is 0 Å². The van der Waals surface area contributed by atoms with Gasteiger partial charge in [-0.05, 0) is 33.1 Å². The Hall–Kier alpha value is -1.72. The second-order valence-electron chi connectivity index (χ2n) is 5.59. The first-order valence-corrected chi connectivity index (χ1v) is 7.37. The maximum atomic E-state index is 12.3. The molecule has 2 aliphatic carbocycles. The predicted octanol–water partition coefficient (Wildman–Crippen LogP) is 1.06. The first kappa shape index (κ1) is 15.7. The zero-order valence-electron chi connectivity index (χ0n) is 12.3. The van der Waals surface area contributed by atoms with Crippen molar-refractivity contribution in [2.45, 2.75) is 39.5 Å². The Morgan fingerprint density at radius 1 is 1.10 bits per heavy atom. The van der Waals surface area contributed by atoms with E-state index in [1.54, 1.807) is 13.8 Å². The summed E-state index contributed by atoms with van der Waals surface area (Å²) in [4.78, 5) is 48.8. The van der Waals surface area contributed by atoms with E-state index < -0.39 is 29.2 Å². The first-order chi connectivity index (χ1) is 9.96. The minimum atomic E-state index is -1.51. The van der Waals surface area contributed by atoms with Crippen molar-refractivity contribution in [3.8, 4) is 0 Å². The molecule has 2 bridgehead atoms. The summed E-state index contributed by atoms with van der Waals surface area (Å²) in [6.07, 6.45) is 0.712. The number of hydrogen-bond acceptors (Lipinski definition) is 6. The lowest BCUT2D eigenvalue weighted by Gasteiger charge is -2.41. The lowest BCUT2D eigenvalue weighted by molar-refractivity contribution is -0.179. The molecule has 6 nitrogen and oxygen atoms in total. The van der Waals surface area contributed by atoms with Crippen LogP contribution in [0.3, 0.4) is 0 Å². The highest BCUT2D eigenvalue weighted by Crippen LogP contribution is 2.47. The minimum absolute atomic E-state index is 0.0906. The summed E-state index contributed by atoms with van der Waals surface area (Å²) in [7, 11) is 0. The van der Waals surface area contributed by atoms with Gasteiger partial charge in [0.15, 0.2) is 5.41 Å². The number of Topliss-reactive ketones (excluding diaryl/α,β-unsaturated/α-hetero) is 2. The molecule has 0 unspecified atom stereocenters. The molecule has 0 heterocycles. The summed E-state index contributed by atoms with van der Waals surface area (Å²) in [6.45, 7) is 3.57. The molecule has 6 heteroatoms. The summed E-state index contributed by atoms with van der Waals surface area (Å²) in [5, 5.41) is 0. The van der Waals surface area contributed by atoms with E-state index in [0.29, 0.717) is 12.8 Å². The summed E-state index contributed by atoms with van der Waals surface area (Å²) >= 11 is 0. The number of carbonyl (C=O) groups is 4. The van der Waals surface area contributed by atoms with Crippen molar-refractivity contribution in [1.82, 2.24) is 0 Å². The summed E-state index contributed by atoms with van der Waals surface area (Å²) in [5.41, 5.74) is -1.51. The smallest absolute Gasteiger partial charge is 0.323 e. The number of ether oxygens (including phenoxy) is 2. The van der Waals surface area contributed by atoms with Crippen LogP contribution in [0.15, 0.2) is 0 Å². The van der Waals surface area contributed by atoms with Crippen molar-refractivity contribution in [1.29, 1.82) is 0 Å². The van der Waals surface area contributed by atoms with Gasteiger partial charge in [-0.1, -0.05) is 0 Å². The molecular formula is C15H20O6. The molecule has 0 N–H and O–H groups in total. The first-order valence-electron chi connectivity index (χ1n) is 7.37. The fourth-order valence-corrected chi connectivity index (χ4v) is 3.30. The third kappa shape index (κ3) is 2.59. The maximum absolute atomic E-state index is 12.3. The summed E-state index contributed by atoms with van der Waals surface area (Å²) in [5.74, 6) is -2.99. The van der Waals surface area contributed by atoms with Crippen molar-refractivity contribution in [3.05, 3.63) is 0 Å². The minimum Gasteiger partial charge on any atom is -0.465 e. The van der Waals surface area contributed by atoms with E-state index in [2.05, 4.69) is 0 Å². The normalized spacial score (nSPS) is 27.1. The molecule has 0 aromatic rings. The molecule has 2 rings (SSSR count). The van der Waals surface area contributed by atoms with E-state index in [4.69, 9.17) is 9.47 Å². The molecule has 2 aliphatic rings. The number of hydrogen-bond donors (Lipinski definition) is 0. The second kappa shape index (κ2) is 5.95. The van der Waals surface area contributed by atoms with Crippen LogP contribution < -0.4 is 0 Å². The van der Waals surface area contributed by atoms with Crippen molar-refractivity contribution in [2.75, 3.05) is 13.2 Å². The SMILES string of the molecule is CCOC(=O)C1(C(=O)OCC)C[C@@H]2CCC(=O)[C@H](C1)C2=O. The average Bonchev–Trinajstić information content (AvgIpc) is 2.44. The van der Waals surface area contributed by atoms with Gasteiger partial charge in [0.25, 0.3) is 0 Å². The monoisotopic (exact) mass is 296 g/mol. The van der Waals surface area contributed by atoms with Gasteiger partial charge < -0.3 is 9.47 Å². The number of esters is 2. The molecule has 116 valence electrons. The van der Waals surface area contributed by atoms with E-state index in [1.807, 2.05) is 0 Å². The van der Waals surface area contributed by atoms with Crippen molar-refractivity contribution in [2.24, 2.45) is 17.3 Å². The number of rotatable bonds is 4. The lowest BCUT2D eigenvalue weighted by atomic mass is 9.59. The van der Waals surface area contributed by atoms with Crippen LogP contribution in [0.1, 0.15) is 39.5 Å². The van der Waals surface area contributed by atoms with Crippen LogP contribution >= 0.6 is 0 Å². The van der Waals surface area contributed by atoms with Gasteiger partial charge in [0.1, 0.15) is 11.6 Å². The molecular weight excluding hydrogens is 276 g/mol. The van der Waals surface area contributed by atoms with Crippen molar-refractivity contribution < 1.29 is 28.7 Å². The van der Waals surface area contributed by atoms with Gasteiger partial charge in [-0.2, -0.15) is 0 Å². The van der Waals surface area contributed by atoms with Gasteiger partial charge in [-0.25, -0.2) is 0 Å². The molecule has 0 amide bonds. The molecule has 0 radical (unpaired) electrons. The van der Waals surface area contributed by atoms with Gasteiger partial charge in [0, 0.05) is 12.3 Å². The Morgan fingerprint density at radius 2 is 1.67 bits per heavy atom. The highest BCUT2D eigenvalue weighted by atomic mass is 16.6. The van der Waals surface area contributed by atoms with Crippen molar-refractivity contribution in [3.63, 3.8) is 0 Å². The van der Waals surface area contributed by atoms with Gasteiger partial charge >= 0.3 is 11.9 Å². The van der Waals surface area contributed by atoms with Crippen LogP contribution in [0.4, 0.5) is 0 Å². The molecule has 0 aromatic heterocycles. The quantitative estimate of drug-likeness (QED) is 0.569. The zero-order valence-corrected chi connectivity index (χ0v) is 12.3. The van der Waals surface area contributed by atoms with E-state index in [9.17, 15) is 19.2 Å². The fourth-order valence-electron chi connectivity index (χ4n) is 3.30. The Kier molecular flexibility index (Phi) is 4.44. The molecule has 2 atom stereocenters. The molecule has 2 saturated carbocycles. The van der Waals surface area contributed by atoms with E-state index in [1.165, 1.54) is 0 Å². The van der Waals surface area contributed by atoms with Crippen molar-refractivity contribution >= 4 is 23.5 Å². The predicted molar refractivity (Wildman–Crippen MR) is 71.2 cm³/mol. The van der Waals surface area contributed by atoms with E-state index in [-0.39, 0.29) is 37.6 Å². The highest BCUT2D eigenvalue weighted by molar-refractivity contribution is 6.10. The zero-order chi connectivity index (χ0) is 15.6. The standard InChI is InChI=1S/C15H20O6/c1-3-20-13(18)15(14(19)21-4-2)7-9-5-6-11(16)10(8-15)12(9)17/h9-10H,3-8H2,1-2H3/t9-,10-/m0/s1. The lowest BCUT2D eigenvalue weighted by Crippen LogP contribution is -2.54. The topological polar surface area (TPSA) is 86.7 Å². The van der Waals surface area contributed by atoms with Crippen LogP contribution in [-0.2, 0) is 28.7 Å². The molecule has 0 spiro atoms. The van der Waals surface area contributed by atoms with Gasteiger partial charge in [0.05, 0.1) is 19.1 Å². The van der Waals surface area contributed by atoms with Crippen LogP contribution in [0.2, 0.25) is 0 Å². The highest BCUT2D eigenvalue weighted by Gasteiger charge is 2.59. The molecule has 0 aromatic carbocycles. The van der Waals surface area contributed by atoms with Crippen LogP contribution in [0.25, 0.3) is 0 Å². The molecule has 21 heavy (non-hydrogen) atoms. The van der Waals surface area contributed by atoms with Gasteiger partial charge in [-0.15, -0.1) is 0 Å². The Balaban J connectivity index is 2.37. The van der Waals surface area contributed by atoms with Gasteiger partial charge in [-0.3, -0.25) is 19.2 Å². The van der Waals surface area contributed by atoms with Crippen LogP contribution in [-0.4, -0.2) is 36.7 Å². The fraction of sp³-hybridized carbons (Fsp3) is 0.733. The maximum Gasteiger partial charge on any atom is 0.323 e. The van der Waals surface area contributed by atoms with Crippen LogP contribution in [0, 0.1) is 17.3 Å². The molecule has 2 fully saturated rings. The summed E-state index contributed by atoms with van der Waals surface area (Å²) < 4.78 is 10.1. The molecule has 0 saturated heterocycles. The Labute approximate surface area is 123 Å². The van der Waals surface area contributed by atoms with Gasteiger partial charge in [0.2, 0.25) is 0 Å². The number of fused-ring (bicyclic) bond motifs is 2. The van der Waals surface area contributed by atoms with E-state index >= 15 is 0 Å². The Bertz CT molecular complexity index is 463. The Morgan fingerprint density at radius 3 is 2.19 bits per heavy atom. The van der Waals surface area contributed by atoms with Crippen LogP contribution in [0.5, 0.6) is 0 Å². The second-order valence-corrected chi connectivity index (χ2v) is 5.59. The third-order valence-electron chi connectivity index (χ3n) is 4.35. The molecule has 0 aliphatic heterocycles. The number of carbonyl (C=O) groups excluding carboxylic acids is 4. The third-order valence-corrected chi connectivity index (χ3v) is 4.35. The number of ketones is 2.